The smallest absolute Gasteiger partial charge is 0.243 e. The highest BCUT2D eigenvalue weighted by atomic mass is 35.5. The first-order valence-corrected chi connectivity index (χ1v) is 9.88. The molecule has 0 spiro atoms. The van der Waals surface area contributed by atoms with Gasteiger partial charge in [0.25, 0.3) is 0 Å². The zero-order valence-electron chi connectivity index (χ0n) is 13.0. The Morgan fingerprint density at radius 1 is 0.875 bits per heavy atom. The van der Waals surface area contributed by atoms with Crippen LogP contribution >= 0.6 is 23.2 Å². The van der Waals surface area contributed by atoms with Crippen molar-refractivity contribution in [1.82, 2.24) is 9.21 Å². The number of benzene rings is 2. The Bertz CT molecular complexity index is 805. The lowest BCUT2D eigenvalue weighted by Gasteiger charge is -2.34. The van der Waals surface area contributed by atoms with Crippen molar-refractivity contribution in [2.24, 2.45) is 0 Å². The van der Waals surface area contributed by atoms with Crippen LogP contribution in [0.2, 0.25) is 10.0 Å². The minimum absolute atomic E-state index is 0.188. The summed E-state index contributed by atoms with van der Waals surface area (Å²) < 4.78 is 27.0. The fourth-order valence-electron chi connectivity index (χ4n) is 2.76. The maximum Gasteiger partial charge on any atom is 0.243 e. The Balaban J connectivity index is 1.66. The molecule has 0 radical (unpaired) electrons. The predicted octanol–water partition coefficient (Wildman–Crippen LogP) is 3.50. The largest absolute Gasteiger partial charge is 0.296 e. The van der Waals surface area contributed by atoms with Gasteiger partial charge in [-0.3, -0.25) is 4.90 Å². The average Bonchev–Trinajstić information content (AvgIpc) is 2.58. The number of halogens is 2. The van der Waals surface area contributed by atoms with Gasteiger partial charge in [-0.15, -0.1) is 0 Å². The van der Waals surface area contributed by atoms with Gasteiger partial charge in [-0.1, -0.05) is 53.5 Å². The monoisotopic (exact) mass is 384 g/mol. The number of sulfonamides is 1. The van der Waals surface area contributed by atoms with Crippen molar-refractivity contribution in [2.75, 3.05) is 26.2 Å². The van der Waals surface area contributed by atoms with Crippen LogP contribution in [0.1, 0.15) is 5.56 Å². The van der Waals surface area contributed by atoms with Crippen LogP contribution in [0.25, 0.3) is 0 Å². The quantitative estimate of drug-likeness (QED) is 0.809. The van der Waals surface area contributed by atoms with Crippen LogP contribution in [0.3, 0.4) is 0 Å². The summed E-state index contributed by atoms with van der Waals surface area (Å²) in [4.78, 5) is 2.45. The van der Waals surface area contributed by atoms with Gasteiger partial charge in [0, 0.05) is 32.7 Å². The summed E-state index contributed by atoms with van der Waals surface area (Å²) in [6.45, 7) is 3.18. The third-order valence-corrected chi connectivity index (χ3v) is 6.74. The Kier molecular flexibility index (Phi) is 5.47. The molecule has 0 aromatic heterocycles. The fourth-order valence-corrected chi connectivity index (χ4v) is 4.57. The molecule has 1 fully saturated rings. The number of rotatable bonds is 4. The third kappa shape index (κ3) is 3.92. The van der Waals surface area contributed by atoms with Gasteiger partial charge < -0.3 is 0 Å². The number of piperazine rings is 1. The summed E-state index contributed by atoms with van der Waals surface area (Å²) >= 11 is 11.8. The summed E-state index contributed by atoms with van der Waals surface area (Å²) in [5.41, 5.74) is 1.23. The minimum Gasteiger partial charge on any atom is -0.296 e. The molecule has 1 heterocycles. The Morgan fingerprint density at radius 3 is 2.17 bits per heavy atom. The maximum absolute atomic E-state index is 12.7. The maximum atomic E-state index is 12.7. The molecule has 1 aliphatic rings. The molecule has 3 rings (SSSR count). The minimum atomic E-state index is -3.53. The van der Waals surface area contributed by atoms with Crippen LogP contribution in [0.4, 0.5) is 0 Å². The molecule has 7 heteroatoms. The van der Waals surface area contributed by atoms with Crippen molar-refractivity contribution in [2.45, 2.75) is 11.4 Å². The Hall–Kier alpha value is -1.11. The molecule has 0 amide bonds. The lowest BCUT2D eigenvalue weighted by atomic mass is 10.2. The highest BCUT2D eigenvalue weighted by Gasteiger charge is 2.28. The van der Waals surface area contributed by atoms with E-state index in [0.717, 1.165) is 6.54 Å². The number of hydrogen-bond donors (Lipinski definition) is 0. The molecular weight excluding hydrogens is 367 g/mol. The van der Waals surface area contributed by atoms with Crippen LogP contribution in [0.5, 0.6) is 0 Å². The zero-order valence-corrected chi connectivity index (χ0v) is 15.4. The molecule has 0 bridgehead atoms. The second-order valence-corrected chi connectivity index (χ2v) is 8.49. The second kappa shape index (κ2) is 7.42. The van der Waals surface area contributed by atoms with Crippen molar-refractivity contribution in [1.29, 1.82) is 0 Å². The van der Waals surface area contributed by atoms with E-state index in [1.165, 1.54) is 28.1 Å². The topological polar surface area (TPSA) is 40.6 Å². The van der Waals surface area contributed by atoms with E-state index in [1.54, 1.807) is 0 Å². The van der Waals surface area contributed by atoms with E-state index in [9.17, 15) is 8.42 Å². The molecule has 0 aliphatic carbocycles. The van der Waals surface area contributed by atoms with Crippen LogP contribution in [0.15, 0.2) is 53.4 Å². The van der Waals surface area contributed by atoms with E-state index in [0.29, 0.717) is 31.2 Å². The van der Waals surface area contributed by atoms with E-state index < -0.39 is 10.0 Å². The summed E-state index contributed by atoms with van der Waals surface area (Å²) in [6, 6.07) is 14.6. The molecule has 24 heavy (non-hydrogen) atoms. The molecule has 1 saturated heterocycles. The fraction of sp³-hybridized carbons (Fsp3) is 0.294. The summed E-state index contributed by atoms with van der Waals surface area (Å²) in [5, 5.41) is 0.601. The lowest BCUT2D eigenvalue weighted by molar-refractivity contribution is 0.181. The lowest BCUT2D eigenvalue weighted by Crippen LogP contribution is -2.48. The molecule has 0 atom stereocenters. The number of nitrogens with zero attached hydrogens (tertiary/aromatic N) is 2. The van der Waals surface area contributed by atoms with Crippen molar-refractivity contribution >= 4 is 33.2 Å². The molecule has 0 N–H and O–H groups in total. The van der Waals surface area contributed by atoms with Crippen molar-refractivity contribution in [3.05, 3.63) is 64.1 Å². The molecule has 1 aliphatic heterocycles. The molecule has 0 unspecified atom stereocenters. The van der Waals surface area contributed by atoms with Crippen molar-refractivity contribution < 1.29 is 8.42 Å². The molecule has 0 saturated carbocycles. The zero-order chi connectivity index (χ0) is 17.2. The molecule has 2 aromatic rings. The first-order chi connectivity index (χ1) is 11.5. The van der Waals surface area contributed by atoms with Crippen LogP contribution in [-0.4, -0.2) is 43.8 Å². The predicted molar refractivity (Wildman–Crippen MR) is 96.9 cm³/mol. The Labute approximate surface area is 152 Å². The molecule has 128 valence electrons. The van der Waals surface area contributed by atoms with Gasteiger partial charge in [-0.25, -0.2) is 8.42 Å². The average molecular weight is 385 g/mol. The SMILES string of the molecule is O=S(=O)(c1ccc(Cl)c(Cl)c1)N1CCN(Cc2ccccc2)CC1. The van der Waals surface area contributed by atoms with E-state index in [2.05, 4.69) is 17.0 Å². The van der Waals surface area contributed by atoms with E-state index in [1.807, 2.05) is 18.2 Å². The van der Waals surface area contributed by atoms with Crippen LogP contribution < -0.4 is 0 Å². The van der Waals surface area contributed by atoms with Gasteiger partial charge in [0.15, 0.2) is 0 Å². The van der Waals surface area contributed by atoms with Crippen molar-refractivity contribution in [3.63, 3.8) is 0 Å². The van der Waals surface area contributed by atoms with Gasteiger partial charge >= 0.3 is 0 Å². The van der Waals surface area contributed by atoms with Gasteiger partial charge in [-0.05, 0) is 23.8 Å². The third-order valence-electron chi connectivity index (χ3n) is 4.11. The standard InChI is InChI=1S/C17H18Cl2N2O2S/c18-16-7-6-15(12-17(16)19)24(22,23)21-10-8-20(9-11-21)13-14-4-2-1-3-5-14/h1-7,12H,8-11,13H2. The highest BCUT2D eigenvalue weighted by Crippen LogP contribution is 2.27. The first-order valence-electron chi connectivity index (χ1n) is 7.68. The molecule has 2 aromatic carbocycles. The molecular formula is C17H18Cl2N2O2S. The van der Waals surface area contributed by atoms with Gasteiger partial charge in [0.05, 0.1) is 14.9 Å². The van der Waals surface area contributed by atoms with E-state index >= 15 is 0 Å². The van der Waals surface area contributed by atoms with E-state index in [-0.39, 0.29) is 9.92 Å². The normalized spacial score (nSPS) is 17.1. The summed E-state index contributed by atoms with van der Waals surface area (Å²) in [6.07, 6.45) is 0. The van der Waals surface area contributed by atoms with Crippen LogP contribution in [0, 0.1) is 0 Å². The summed E-state index contributed by atoms with van der Waals surface area (Å²) in [7, 11) is -3.53. The number of hydrogen-bond acceptors (Lipinski definition) is 3. The summed E-state index contributed by atoms with van der Waals surface area (Å²) in [5.74, 6) is 0. The first kappa shape index (κ1) is 17.7. The van der Waals surface area contributed by atoms with Gasteiger partial charge in [0.2, 0.25) is 10.0 Å². The van der Waals surface area contributed by atoms with Gasteiger partial charge in [0.1, 0.15) is 0 Å². The Morgan fingerprint density at radius 2 is 1.54 bits per heavy atom. The van der Waals surface area contributed by atoms with Crippen LogP contribution in [-0.2, 0) is 16.6 Å². The van der Waals surface area contributed by atoms with E-state index in [4.69, 9.17) is 23.2 Å². The highest BCUT2D eigenvalue weighted by molar-refractivity contribution is 7.89. The second-order valence-electron chi connectivity index (χ2n) is 5.74. The molecule has 4 nitrogen and oxygen atoms in total. The van der Waals surface area contributed by atoms with Gasteiger partial charge in [-0.2, -0.15) is 4.31 Å². The van der Waals surface area contributed by atoms with Crippen molar-refractivity contribution in [3.8, 4) is 0 Å².